The summed E-state index contributed by atoms with van der Waals surface area (Å²) in [4.78, 5) is 35.9. The molecule has 3 aromatic rings. The fourth-order valence-corrected chi connectivity index (χ4v) is 4.51. The molecule has 0 unspecified atom stereocenters. The van der Waals surface area contributed by atoms with E-state index >= 15 is 4.39 Å². The fourth-order valence-electron chi connectivity index (χ4n) is 4.51. The van der Waals surface area contributed by atoms with E-state index in [1.165, 1.54) is 26.6 Å². The van der Waals surface area contributed by atoms with Crippen molar-refractivity contribution in [2.45, 2.75) is 40.3 Å². The van der Waals surface area contributed by atoms with Crippen molar-refractivity contribution >= 4 is 40.6 Å². The highest BCUT2D eigenvalue weighted by molar-refractivity contribution is 5.99. The number of carbonyl (C=O) groups is 1. The van der Waals surface area contributed by atoms with Gasteiger partial charge in [0, 0.05) is 44.1 Å². The Morgan fingerprint density at radius 3 is 2.69 bits per heavy atom. The largest absolute Gasteiger partial charge is 0.366 e. The molecular weight excluding hydrogens is 501 g/mol. The lowest BCUT2D eigenvalue weighted by Gasteiger charge is -2.31. The normalized spacial score (nSPS) is 14.4. The maximum atomic E-state index is 15.2. The van der Waals surface area contributed by atoms with E-state index in [1.807, 2.05) is 31.7 Å². The van der Waals surface area contributed by atoms with Crippen LogP contribution in [0, 0.1) is 12.7 Å². The standard InChI is InChI=1S/C27H34FN9O2/c1-6-8-23(33-35(17-38)18(3)4)37-25-21(26(39)36(37)11-7-2)16-30-27(32-25)31-20-14-19(5)24(22(28)15-20)34-12-9-29-10-13-34/h6-8,14-18,29H,2,9-13H2,1,3-5H3,(H,30,31,32)/b8-6-,33-23+. The van der Waals surface area contributed by atoms with E-state index in [-0.39, 0.29) is 40.9 Å². The maximum absolute atomic E-state index is 15.2. The third-order valence-corrected chi connectivity index (χ3v) is 6.31. The summed E-state index contributed by atoms with van der Waals surface area (Å²) in [5.74, 6) is 0.149. The third kappa shape index (κ3) is 5.75. The van der Waals surface area contributed by atoms with Crippen LogP contribution in [0.3, 0.4) is 0 Å². The number of amides is 1. The molecule has 1 aliphatic heterocycles. The number of nitrogens with zero attached hydrogens (tertiary/aromatic N) is 7. The Kier molecular flexibility index (Phi) is 8.55. The molecule has 0 bridgehead atoms. The summed E-state index contributed by atoms with van der Waals surface area (Å²) in [5, 5.41) is 12.4. The van der Waals surface area contributed by atoms with Crippen LogP contribution in [-0.2, 0) is 11.3 Å². The van der Waals surface area contributed by atoms with Crippen molar-refractivity contribution in [3.63, 3.8) is 0 Å². The van der Waals surface area contributed by atoms with Crippen molar-refractivity contribution in [1.29, 1.82) is 0 Å². The summed E-state index contributed by atoms with van der Waals surface area (Å²) in [6.45, 7) is 14.4. The molecule has 39 heavy (non-hydrogen) atoms. The van der Waals surface area contributed by atoms with E-state index < -0.39 is 0 Å². The van der Waals surface area contributed by atoms with Gasteiger partial charge in [0.15, 0.2) is 11.5 Å². The lowest BCUT2D eigenvalue weighted by Crippen LogP contribution is -2.44. The number of hydrogen-bond acceptors (Lipinski definition) is 8. The number of nitrogens with one attached hydrogen (secondary N) is 2. The van der Waals surface area contributed by atoms with Crippen molar-refractivity contribution < 1.29 is 9.18 Å². The molecule has 1 saturated heterocycles. The van der Waals surface area contributed by atoms with Crippen molar-refractivity contribution in [3.8, 4) is 0 Å². The van der Waals surface area contributed by atoms with Gasteiger partial charge in [0.2, 0.25) is 12.4 Å². The third-order valence-electron chi connectivity index (χ3n) is 6.31. The minimum atomic E-state index is -0.335. The molecule has 0 radical (unpaired) electrons. The number of aromatic nitrogens is 4. The van der Waals surface area contributed by atoms with Crippen molar-refractivity contribution in [2.24, 2.45) is 5.10 Å². The van der Waals surface area contributed by atoms with Gasteiger partial charge in [-0.05, 0) is 51.5 Å². The molecule has 4 rings (SSSR count). The second-order valence-electron chi connectivity index (χ2n) is 9.44. The topological polar surface area (TPSA) is 113 Å². The Morgan fingerprint density at radius 1 is 1.33 bits per heavy atom. The van der Waals surface area contributed by atoms with Crippen LogP contribution in [0.4, 0.5) is 21.7 Å². The Morgan fingerprint density at radius 2 is 2.08 bits per heavy atom. The van der Waals surface area contributed by atoms with Gasteiger partial charge in [-0.2, -0.15) is 10.1 Å². The smallest absolute Gasteiger partial charge is 0.278 e. The van der Waals surface area contributed by atoms with Crippen LogP contribution in [0.5, 0.6) is 0 Å². The average molecular weight is 536 g/mol. The predicted octanol–water partition coefficient (Wildman–Crippen LogP) is 2.98. The molecule has 0 aliphatic carbocycles. The van der Waals surface area contributed by atoms with Crippen LogP contribution >= 0.6 is 0 Å². The van der Waals surface area contributed by atoms with Gasteiger partial charge >= 0.3 is 0 Å². The summed E-state index contributed by atoms with van der Waals surface area (Å²) in [6.07, 6.45) is 7.07. The molecule has 11 nitrogen and oxygen atoms in total. The summed E-state index contributed by atoms with van der Waals surface area (Å²) in [5.41, 5.74) is 1.81. The molecule has 1 aromatic carbocycles. The van der Waals surface area contributed by atoms with Gasteiger partial charge in [0.25, 0.3) is 5.56 Å². The highest BCUT2D eigenvalue weighted by atomic mass is 19.1. The number of halogens is 1. The SMILES string of the molecule is C=CCn1c(=O)c2cnc(Nc3cc(C)c(N4CCNCC4)c(F)c3)nc2n1C(/C=C\C)=N/N(C=O)C(C)C. The monoisotopic (exact) mass is 535 g/mol. The summed E-state index contributed by atoms with van der Waals surface area (Å²) < 4.78 is 18.2. The minimum absolute atomic E-state index is 0.176. The number of benzene rings is 1. The lowest BCUT2D eigenvalue weighted by molar-refractivity contribution is -0.119. The first kappa shape index (κ1) is 27.7. The maximum Gasteiger partial charge on any atom is 0.278 e. The van der Waals surface area contributed by atoms with Gasteiger partial charge in [0.05, 0.1) is 12.2 Å². The van der Waals surface area contributed by atoms with Gasteiger partial charge in [-0.25, -0.2) is 23.7 Å². The fraction of sp³-hybridized carbons (Fsp3) is 0.370. The Hall–Kier alpha value is -4.32. The van der Waals surface area contributed by atoms with Gasteiger partial charge in [-0.3, -0.25) is 9.59 Å². The quantitative estimate of drug-likeness (QED) is 0.142. The van der Waals surface area contributed by atoms with E-state index in [9.17, 15) is 9.59 Å². The van der Waals surface area contributed by atoms with E-state index in [4.69, 9.17) is 0 Å². The molecule has 1 aliphatic rings. The zero-order chi connectivity index (χ0) is 28.1. The number of aryl methyl sites for hydroxylation is 1. The van der Waals surface area contributed by atoms with E-state index in [2.05, 4.69) is 32.3 Å². The second-order valence-corrected chi connectivity index (χ2v) is 9.44. The van der Waals surface area contributed by atoms with Gasteiger partial charge in [0.1, 0.15) is 11.2 Å². The van der Waals surface area contributed by atoms with E-state index in [1.54, 1.807) is 25.2 Å². The highest BCUT2D eigenvalue weighted by Crippen LogP contribution is 2.29. The Bertz CT molecular complexity index is 1460. The molecule has 3 heterocycles. The number of allylic oxidation sites excluding steroid dienone is 3. The number of rotatable bonds is 9. The highest BCUT2D eigenvalue weighted by Gasteiger charge is 2.21. The van der Waals surface area contributed by atoms with Crippen LogP contribution in [-0.4, -0.2) is 68.8 Å². The number of fused-ring (bicyclic) bond motifs is 1. The van der Waals surface area contributed by atoms with Gasteiger partial charge < -0.3 is 15.5 Å². The van der Waals surface area contributed by atoms with Gasteiger partial charge in [-0.1, -0.05) is 12.2 Å². The first-order chi connectivity index (χ1) is 18.8. The van der Waals surface area contributed by atoms with Crippen LogP contribution in [0.15, 0.2) is 53.0 Å². The number of carbonyl (C=O) groups excluding carboxylic acids is 1. The van der Waals surface area contributed by atoms with Crippen molar-refractivity contribution in [2.75, 3.05) is 36.4 Å². The number of anilines is 3. The summed E-state index contributed by atoms with van der Waals surface area (Å²) in [6, 6.07) is 3.06. The summed E-state index contributed by atoms with van der Waals surface area (Å²) >= 11 is 0. The lowest BCUT2D eigenvalue weighted by atomic mass is 10.1. The van der Waals surface area contributed by atoms with Crippen LogP contribution in [0.1, 0.15) is 26.3 Å². The molecule has 2 N–H and O–H groups in total. The molecule has 0 atom stereocenters. The van der Waals surface area contributed by atoms with E-state index in [0.29, 0.717) is 23.6 Å². The molecule has 0 saturated carbocycles. The first-order valence-corrected chi connectivity index (χ1v) is 12.9. The van der Waals surface area contributed by atoms with Gasteiger partial charge in [-0.15, -0.1) is 6.58 Å². The molecule has 0 spiro atoms. The molecular formula is C27H34FN9O2. The summed E-state index contributed by atoms with van der Waals surface area (Å²) in [7, 11) is 0. The van der Waals surface area contributed by atoms with Crippen molar-refractivity contribution in [1.82, 2.24) is 29.7 Å². The number of hydrazone groups is 1. The average Bonchev–Trinajstić information content (AvgIpc) is 3.17. The molecule has 1 amide bonds. The molecule has 1 fully saturated rings. The number of piperazine rings is 1. The second kappa shape index (κ2) is 12.0. The molecule has 2 aromatic heterocycles. The first-order valence-electron chi connectivity index (χ1n) is 12.9. The molecule has 206 valence electrons. The molecule has 12 heteroatoms. The van der Waals surface area contributed by atoms with Crippen LogP contribution in [0.25, 0.3) is 11.0 Å². The Balaban J connectivity index is 1.80. The zero-order valence-electron chi connectivity index (χ0n) is 22.7. The van der Waals surface area contributed by atoms with Crippen molar-refractivity contribution in [3.05, 3.63) is 64.9 Å². The van der Waals surface area contributed by atoms with Crippen LogP contribution < -0.4 is 21.1 Å². The Labute approximate surface area is 226 Å². The van der Waals surface area contributed by atoms with Crippen LogP contribution in [0.2, 0.25) is 0 Å². The zero-order valence-corrected chi connectivity index (χ0v) is 22.7. The predicted molar refractivity (Wildman–Crippen MR) is 152 cm³/mol. The minimum Gasteiger partial charge on any atom is -0.366 e. The van der Waals surface area contributed by atoms with E-state index in [0.717, 1.165) is 31.7 Å². The number of hydrogen-bond donors (Lipinski definition) is 2.